The summed E-state index contributed by atoms with van der Waals surface area (Å²) in [5.41, 5.74) is 8.82. The predicted octanol–water partition coefficient (Wildman–Crippen LogP) is 4.86. The Hall–Kier alpha value is -2.02. The lowest BCUT2D eigenvalue weighted by Crippen LogP contribution is -2.29. The van der Waals surface area contributed by atoms with Gasteiger partial charge in [-0.2, -0.15) is 0 Å². The molecule has 1 aliphatic heterocycles. The lowest BCUT2D eigenvalue weighted by atomic mass is 10.1. The maximum Gasteiger partial charge on any atom is 0.186 e. The Bertz CT molecular complexity index is 1010. The largest absolute Gasteiger partial charge is 0.348 e. The average Bonchev–Trinajstić information content (AvgIpc) is 3.33. The molecule has 7 heteroatoms. The number of rotatable bonds is 4. The van der Waals surface area contributed by atoms with Gasteiger partial charge in [0.2, 0.25) is 0 Å². The highest BCUT2D eigenvalue weighted by Gasteiger charge is 2.43. The maximum absolute atomic E-state index is 6.34. The van der Waals surface area contributed by atoms with Crippen LogP contribution in [-0.4, -0.2) is 28.0 Å². The van der Waals surface area contributed by atoms with Crippen molar-refractivity contribution in [2.75, 3.05) is 18.0 Å². The molecule has 5 nitrogen and oxygen atoms in total. The second-order valence-corrected chi connectivity index (χ2v) is 9.07. The Morgan fingerprint density at radius 3 is 2.64 bits per heavy atom. The van der Waals surface area contributed by atoms with E-state index in [-0.39, 0.29) is 5.54 Å². The van der Waals surface area contributed by atoms with Gasteiger partial charge in [0.15, 0.2) is 5.13 Å². The molecule has 2 fully saturated rings. The Morgan fingerprint density at radius 1 is 1.07 bits per heavy atom. The molecular weight excluding hydrogens is 390 g/mol. The third-order valence-corrected chi connectivity index (χ3v) is 6.84. The molecule has 0 bridgehead atoms. The van der Waals surface area contributed by atoms with Gasteiger partial charge in [-0.15, -0.1) is 0 Å². The van der Waals surface area contributed by atoms with Crippen LogP contribution in [-0.2, 0) is 5.54 Å². The summed E-state index contributed by atoms with van der Waals surface area (Å²) in [7, 11) is 0. The van der Waals surface area contributed by atoms with Gasteiger partial charge >= 0.3 is 0 Å². The van der Waals surface area contributed by atoms with Crippen molar-refractivity contribution in [3.8, 4) is 21.8 Å². The zero-order valence-corrected chi connectivity index (χ0v) is 17.1. The topological polar surface area (TPSA) is 67.9 Å². The number of hydrogen-bond acceptors (Lipinski definition) is 6. The number of anilines is 1. The summed E-state index contributed by atoms with van der Waals surface area (Å²) in [6.07, 6.45) is 7.43. The first kappa shape index (κ1) is 18.0. The van der Waals surface area contributed by atoms with Crippen LogP contribution in [0.4, 0.5) is 5.13 Å². The number of halogens is 1. The zero-order valence-electron chi connectivity index (χ0n) is 15.6. The van der Waals surface area contributed by atoms with Crippen LogP contribution in [0.25, 0.3) is 21.8 Å². The Morgan fingerprint density at radius 2 is 1.89 bits per heavy atom. The molecule has 2 aromatic heterocycles. The lowest BCUT2D eigenvalue weighted by molar-refractivity contribution is 0.577. The van der Waals surface area contributed by atoms with Gasteiger partial charge in [0.05, 0.1) is 21.8 Å². The highest BCUT2D eigenvalue weighted by Crippen LogP contribution is 2.43. The molecule has 1 aromatic carbocycles. The molecule has 0 spiro atoms. The summed E-state index contributed by atoms with van der Waals surface area (Å²) < 4.78 is 0. The first-order valence-electron chi connectivity index (χ1n) is 9.77. The van der Waals surface area contributed by atoms with E-state index < -0.39 is 0 Å². The van der Waals surface area contributed by atoms with Crippen molar-refractivity contribution in [1.82, 2.24) is 15.0 Å². The minimum atomic E-state index is -0.355. The minimum Gasteiger partial charge on any atom is -0.348 e. The smallest absolute Gasteiger partial charge is 0.186 e. The Kier molecular flexibility index (Phi) is 4.57. The number of hydrogen-bond donors (Lipinski definition) is 1. The Balaban J connectivity index is 1.62. The van der Waals surface area contributed by atoms with E-state index in [0.29, 0.717) is 5.02 Å². The van der Waals surface area contributed by atoms with Crippen molar-refractivity contribution in [3.63, 3.8) is 0 Å². The van der Waals surface area contributed by atoms with Crippen molar-refractivity contribution >= 4 is 28.1 Å². The molecule has 0 radical (unpaired) electrons. The highest BCUT2D eigenvalue weighted by atomic mass is 35.5. The summed E-state index contributed by atoms with van der Waals surface area (Å²) in [4.78, 5) is 17.7. The lowest BCUT2D eigenvalue weighted by Gasteiger charge is -2.25. The molecule has 0 amide bonds. The van der Waals surface area contributed by atoms with Gasteiger partial charge in [-0.1, -0.05) is 35.1 Å². The highest BCUT2D eigenvalue weighted by molar-refractivity contribution is 7.19. The predicted molar refractivity (Wildman–Crippen MR) is 115 cm³/mol. The fourth-order valence-corrected chi connectivity index (χ4v) is 4.92. The van der Waals surface area contributed by atoms with E-state index in [2.05, 4.69) is 16.0 Å². The summed E-state index contributed by atoms with van der Waals surface area (Å²) in [5, 5.41) is 1.76. The summed E-state index contributed by atoms with van der Waals surface area (Å²) in [6, 6.07) is 9.82. The van der Waals surface area contributed by atoms with Gasteiger partial charge < -0.3 is 10.6 Å². The fraction of sp³-hybridized carbons (Fsp3) is 0.381. The molecular formula is C21H22ClN5S. The molecule has 0 unspecified atom stereocenters. The first-order valence-corrected chi connectivity index (χ1v) is 11.0. The van der Waals surface area contributed by atoms with Crippen LogP contribution in [0.1, 0.15) is 37.9 Å². The fourth-order valence-electron chi connectivity index (χ4n) is 3.62. The summed E-state index contributed by atoms with van der Waals surface area (Å²) in [5.74, 6) is 0.731. The van der Waals surface area contributed by atoms with Crippen LogP contribution in [0.2, 0.25) is 5.02 Å². The van der Waals surface area contributed by atoms with E-state index >= 15 is 0 Å². The number of aromatic nitrogens is 3. The van der Waals surface area contributed by atoms with Crippen molar-refractivity contribution in [1.29, 1.82) is 0 Å². The average molecular weight is 412 g/mol. The minimum absolute atomic E-state index is 0.355. The third-order valence-electron chi connectivity index (χ3n) is 5.46. The monoisotopic (exact) mass is 411 g/mol. The van der Waals surface area contributed by atoms with Gasteiger partial charge in [-0.25, -0.2) is 15.0 Å². The number of thiazole rings is 1. The quantitative estimate of drug-likeness (QED) is 0.664. The number of nitrogens with zero attached hydrogens (tertiary/aromatic N) is 4. The number of piperidine rings is 1. The number of nitrogens with two attached hydrogens (primary N) is 1. The van der Waals surface area contributed by atoms with Crippen LogP contribution >= 0.6 is 22.9 Å². The van der Waals surface area contributed by atoms with Gasteiger partial charge in [0.1, 0.15) is 5.82 Å². The van der Waals surface area contributed by atoms with E-state index in [0.717, 1.165) is 58.7 Å². The van der Waals surface area contributed by atoms with E-state index in [1.165, 1.54) is 19.3 Å². The first-order chi connectivity index (χ1) is 13.6. The molecule has 5 rings (SSSR count). The van der Waals surface area contributed by atoms with Crippen molar-refractivity contribution < 1.29 is 0 Å². The molecule has 3 heterocycles. The Labute approximate surface area is 173 Å². The zero-order chi connectivity index (χ0) is 19.1. The summed E-state index contributed by atoms with van der Waals surface area (Å²) in [6.45, 7) is 2.12. The third kappa shape index (κ3) is 3.41. The van der Waals surface area contributed by atoms with Gasteiger partial charge in [-0.05, 0) is 50.3 Å². The van der Waals surface area contributed by atoms with Crippen molar-refractivity contribution in [3.05, 3.63) is 47.4 Å². The molecule has 1 aliphatic carbocycles. The maximum atomic E-state index is 6.34. The van der Waals surface area contributed by atoms with Crippen LogP contribution in [0.15, 0.2) is 36.5 Å². The van der Waals surface area contributed by atoms with Crippen LogP contribution in [0.5, 0.6) is 0 Å². The van der Waals surface area contributed by atoms with Crippen molar-refractivity contribution in [2.24, 2.45) is 5.73 Å². The van der Waals surface area contributed by atoms with Gasteiger partial charge in [0.25, 0.3) is 0 Å². The van der Waals surface area contributed by atoms with Crippen LogP contribution < -0.4 is 10.6 Å². The molecule has 0 atom stereocenters. The molecule has 2 N–H and O–H groups in total. The molecule has 1 saturated heterocycles. The standard InChI is InChI=1S/C21H22ClN5S/c22-15-6-4-5-14(13-15)17-18(28-20(26-17)27-11-2-1-3-12-27)16-7-10-24-19(25-16)21(23)8-9-21/h4-7,10,13H,1-3,8-9,11-12,23H2. The van der Waals surface area contributed by atoms with E-state index in [1.807, 2.05) is 30.5 Å². The second kappa shape index (κ2) is 7.10. The van der Waals surface area contributed by atoms with E-state index in [9.17, 15) is 0 Å². The molecule has 28 heavy (non-hydrogen) atoms. The SMILES string of the molecule is NC1(c2nccc(-c3sc(N4CCCCC4)nc3-c3cccc(Cl)c3)n2)CC1. The molecule has 2 aliphatic rings. The van der Waals surface area contributed by atoms with Crippen LogP contribution in [0, 0.1) is 0 Å². The van der Waals surface area contributed by atoms with Gasteiger partial charge in [0, 0.05) is 29.9 Å². The number of benzene rings is 1. The van der Waals surface area contributed by atoms with E-state index in [1.54, 1.807) is 11.3 Å². The summed E-state index contributed by atoms with van der Waals surface area (Å²) >= 11 is 7.97. The van der Waals surface area contributed by atoms with Gasteiger partial charge in [-0.3, -0.25) is 0 Å². The van der Waals surface area contributed by atoms with Crippen molar-refractivity contribution in [2.45, 2.75) is 37.6 Å². The normalized spacial score (nSPS) is 18.3. The molecule has 3 aromatic rings. The second-order valence-electron chi connectivity index (χ2n) is 7.65. The molecule has 144 valence electrons. The molecule has 1 saturated carbocycles. The van der Waals surface area contributed by atoms with Crippen LogP contribution in [0.3, 0.4) is 0 Å². The van der Waals surface area contributed by atoms with E-state index in [4.69, 9.17) is 27.3 Å².